The molecule has 0 aliphatic heterocycles. The molecule has 0 amide bonds. The SMILES string of the molecule is Oc1ccccc1Cl.[H-].[Na+].c1ccncc1. The van der Waals surface area contributed by atoms with Crippen molar-refractivity contribution in [1.82, 2.24) is 4.98 Å². The van der Waals surface area contributed by atoms with Gasteiger partial charge in [0.15, 0.2) is 0 Å². The third kappa shape index (κ3) is 6.52. The fourth-order valence-corrected chi connectivity index (χ4v) is 0.900. The molecule has 0 aliphatic rings. The molecule has 0 spiro atoms. The summed E-state index contributed by atoms with van der Waals surface area (Å²) in [4.78, 5) is 3.78. The van der Waals surface area contributed by atoms with Crippen molar-refractivity contribution in [3.63, 3.8) is 0 Å². The minimum absolute atomic E-state index is 0. The Morgan fingerprint density at radius 3 is 1.87 bits per heavy atom. The molecule has 0 unspecified atom stereocenters. The molecule has 1 aromatic heterocycles. The third-order valence-electron chi connectivity index (χ3n) is 1.42. The summed E-state index contributed by atoms with van der Waals surface area (Å²) in [6.07, 6.45) is 3.50. The molecular weight excluding hydrogens is 221 g/mol. The zero-order valence-corrected chi connectivity index (χ0v) is 11.2. The van der Waals surface area contributed by atoms with Crippen LogP contribution < -0.4 is 29.6 Å². The Bertz CT molecular complexity index is 328. The number of hydrogen-bond donors (Lipinski definition) is 1. The molecule has 1 aromatic carbocycles. The van der Waals surface area contributed by atoms with Gasteiger partial charge in [-0.3, -0.25) is 4.98 Å². The molecule has 2 rings (SSSR count). The molecule has 0 radical (unpaired) electrons. The number of hydrogen-bond acceptors (Lipinski definition) is 2. The van der Waals surface area contributed by atoms with Gasteiger partial charge in [-0.1, -0.05) is 29.8 Å². The first kappa shape index (κ1) is 14.5. The number of rotatable bonds is 0. The number of benzene rings is 1. The summed E-state index contributed by atoms with van der Waals surface area (Å²) in [7, 11) is 0. The van der Waals surface area contributed by atoms with Crippen molar-refractivity contribution in [2.45, 2.75) is 0 Å². The van der Waals surface area contributed by atoms with E-state index in [1.54, 1.807) is 36.7 Å². The second kappa shape index (κ2) is 8.74. The van der Waals surface area contributed by atoms with E-state index >= 15 is 0 Å². The molecule has 74 valence electrons. The minimum atomic E-state index is 0. The van der Waals surface area contributed by atoms with Gasteiger partial charge in [0.05, 0.1) is 5.02 Å². The van der Waals surface area contributed by atoms with Crippen LogP contribution in [0.1, 0.15) is 1.43 Å². The fourth-order valence-electron chi connectivity index (χ4n) is 0.764. The molecule has 0 saturated carbocycles. The summed E-state index contributed by atoms with van der Waals surface area (Å²) in [5.41, 5.74) is 0. The van der Waals surface area contributed by atoms with Crippen molar-refractivity contribution in [1.29, 1.82) is 0 Å². The molecule has 0 fully saturated rings. The normalized spacial score (nSPS) is 8.07. The van der Waals surface area contributed by atoms with Crippen LogP contribution in [0, 0.1) is 0 Å². The standard InChI is InChI=1S/C6H5ClO.C5H5N.Na.H/c7-5-3-1-2-4-6(5)8;1-2-4-6-5-3-1;;/h1-4,8H;1-5H;;/q;;+1;-1. The Kier molecular flexibility index (Phi) is 8.43. The monoisotopic (exact) mass is 231 g/mol. The maximum Gasteiger partial charge on any atom is 1.00 e. The summed E-state index contributed by atoms with van der Waals surface area (Å²) in [5, 5.41) is 9.18. The fraction of sp³-hybridized carbons (Fsp3) is 0. The maximum absolute atomic E-state index is 8.79. The van der Waals surface area contributed by atoms with E-state index in [9.17, 15) is 0 Å². The van der Waals surface area contributed by atoms with Crippen molar-refractivity contribution in [2.24, 2.45) is 0 Å². The van der Waals surface area contributed by atoms with Crippen LogP contribution >= 0.6 is 11.6 Å². The molecule has 4 heteroatoms. The van der Waals surface area contributed by atoms with Crippen molar-refractivity contribution in [2.75, 3.05) is 0 Å². The van der Waals surface area contributed by atoms with Crippen LogP contribution in [0.3, 0.4) is 0 Å². The number of phenolic OH excluding ortho intramolecular Hbond substituents is 1. The molecule has 15 heavy (non-hydrogen) atoms. The first-order valence-corrected chi connectivity index (χ1v) is 4.47. The Morgan fingerprint density at radius 2 is 1.60 bits per heavy atom. The zero-order chi connectivity index (χ0) is 10.2. The van der Waals surface area contributed by atoms with E-state index in [-0.39, 0.29) is 36.7 Å². The minimum Gasteiger partial charge on any atom is -1.00 e. The second-order valence-electron chi connectivity index (χ2n) is 2.48. The van der Waals surface area contributed by atoms with Gasteiger partial charge >= 0.3 is 29.6 Å². The van der Waals surface area contributed by atoms with Gasteiger partial charge in [0.1, 0.15) is 5.75 Å². The predicted molar refractivity (Wildman–Crippen MR) is 58.5 cm³/mol. The summed E-state index contributed by atoms with van der Waals surface area (Å²) in [5.74, 6) is 0.133. The zero-order valence-electron chi connectivity index (χ0n) is 9.47. The van der Waals surface area contributed by atoms with Crippen LogP contribution in [-0.4, -0.2) is 10.1 Å². The van der Waals surface area contributed by atoms with E-state index in [0.29, 0.717) is 5.02 Å². The van der Waals surface area contributed by atoms with Crippen LogP contribution in [-0.2, 0) is 0 Å². The van der Waals surface area contributed by atoms with Crippen LogP contribution in [0.5, 0.6) is 5.75 Å². The van der Waals surface area contributed by atoms with Crippen molar-refractivity contribution in [3.8, 4) is 5.75 Å². The third-order valence-corrected chi connectivity index (χ3v) is 1.74. The van der Waals surface area contributed by atoms with Crippen LogP contribution in [0.25, 0.3) is 0 Å². The first-order chi connectivity index (χ1) is 6.80. The van der Waals surface area contributed by atoms with E-state index in [2.05, 4.69) is 4.98 Å². The van der Waals surface area contributed by atoms with Gasteiger partial charge in [0, 0.05) is 12.4 Å². The van der Waals surface area contributed by atoms with Gasteiger partial charge in [0.25, 0.3) is 0 Å². The van der Waals surface area contributed by atoms with Gasteiger partial charge in [-0.05, 0) is 24.3 Å². The molecule has 1 heterocycles. The molecule has 0 atom stereocenters. The second-order valence-corrected chi connectivity index (χ2v) is 2.88. The Labute approximate surface area is 118 Å². The van der Waals surface area contributed by atoms with E-state index in [4.69, 9.17) is 16.7 Å². The summed E-state index contributed by atoms with van der Waals surface area (Å²) in [6.45, 7) is 0. The van der Waals surface area contributed by atoms with Gasteiger partial charge in [-0.2, -0.15) is 0 Å². The number of phenols is 1. The van der Waals surface area contributed by atoms with E-state index in [1.165, 1.54) is 0 Å². The van der Waals surface area contributed by atoms with E-state index in [0.717, 1.165) is 0 Å². The predicted octanol–water partition coefficient (Wildman–Crippen LogP) is 0.244. The van der Waals surface area contributed by atoms with Crippen LogP contribution in [0.15, 0.2) is 54.9 Å². The summed E-state index contributed by atoms with van der Waals surface area (Å²) >= 11 is 5.46. The first-order valence-electron chi connectivity index (χ1n) is 4.09. The molecular formula is C11H11ClNNaO. The Balaban J connectivity index is 0. The molecule has 2 nitrogen and oxygen atoms in total. The van der Waals surface area contributed by atoms with Crippen molar-refractivity contribution < 1.29 is 36.1 Å². The van der Waals surface area contributed by atoms with E-state index in [1.807, 2.05) is 18.2 Å². The average Bonchev–Trinajstić information content (AvgIpc) is 2.26. The molecule has 1 N–H and O–H groups in total. The number of aromatic nitrogens is 1. The number of para-hydroxylation sites is 1. The molecule has 0 saturated heterocycles. The number of halogens is 1. The number of pyridine rings is 1. The average molecular weight is 232 g/mol. The van der Waals surface area contributed by atoms with Crippen molar-refractivity contribution in [3.05, 3.63) is 59.9 Å². The topological polar surface area (TPSA) is 33.1 Å². The summed E-state index contributed by atoms with van der Waals surface area (Å²) < 4.78 is 0. The molecule has 0 bridgehead atoms. The van der Waals surface area contributed by atoms with Gasteiger partial charge < -0.3 is 6.53 Å². The van der Waals surface area contributed by atoms with Crippen LogP contribution in [0.2, 0.25) is 5.02 Å². The summed E-state index contributed by atoms with van der Waals surface area (Å²) in [6, 6.07) is 12.4. The number of nitrogens with zero attached hydrogens (tertiary/aromatic N) is 1. The van der Waals surface area contributed by atoms with E-state index < -0.39 is 0 Å². The Morgan fingerprint density at radius 1 is 1.00 bits per heavy atom. The smallest absolute Gasteiger partial charge is 1.00 e. The molecule has 0 aliphatic carbocycles. The maximum atomic E-state index is 8.79. The quantitative estimate of drug-likeness (QED) is 0.660. The van der Waals surface area contributed by atoms with Crippen LogP contribution in [0.4, 0.5) is 0 Å². The van der Waals surface area contributed by atoms with Gasteiger partial charge in [0.2, 0.25) is 0 Å². The Hall–Kier alpha value is -0.540. The van der Waals surface area contributed by atoms with Gasteiger partial charge in [-0.15, -0.1) is 0 Å². The van der Waals surface area contributed by atoms with Crippen molar-refractivity contribution >= 4 is 11.6 Å². The van der Waals surface area contributed by atoms with Gasteiger partial charge in [-0.25, -0.2) is 0 Å². The largest absolute Gasteiger partial charge is 1.00 e. The number of aromatic hydroxyl groups is 1. The molecule has 2 aromatic rings.